The molecular weight excluding hydrogens is 452 g/mol. The molecule has 0 aliphatic carbocycles. The number of ether oxygens (including phenoxy) is 2. The van der Waals surface area contributed by atoms with Gasteiger partial charge < -0.3 is 13.9 Å². The lowest BCUT2D eigenvalue weighted by Crippen LogP contribution is -2.05. The summed E-state index contributed by atoms with van der Waals surface area (Å²) in [4.78, 5) is 25.1. The summed E-state index contributed by atoms with van der Waals surface area (Å²) >= 11 is 0. The minimum absolute atomic E-state index is 0.330. The van der Waals surface area contributed by atoms with E-state index in [4.69, 9.17) is 13.9 Å². The van der Waals surface area contributed by atoms with E-state index >= 15 is 0 Å². The Morgan fingerprint density at radius 1 is 0.694 bits per heavy atom. The van der Waals surface area contributed by atoms with Gasteiger partial charge in [-0.25, -0.2) is 4.79 Å². The van der Waals surface area contributed by atoms with Gasteiger partial charge >= 0.3 is 11.6 Å². The van der Waals surface area contributed by atoms with Gasteiger partial charge in [0.05, 0.1) is 12.0 Å². The quantitative estimate of drug-likeness (QED) is 0.0906. The van der Waals surface area contributed by atoms with Crippen molar-refractivity contribution in [1.29, 1.82) is 0 Å². The van der Waals surface area contributed by atoms with Crippen molar-refractivity contribution < 1.29 is 18.7 Å². The summed E-state index contributed by atoms with van der Waals surface area (Å²) in [7, 11) is 1.64. The summed E-state index contributed by atoms with van der Waals surface area (Å²) in [6.07, 6.45) is 0. The number of fused-ring (bicyclic) bond motifs is 5. The average Bonchev–Trinajstić information content (AvgIpc) is 2.89. The standard InChI is InChI=1S/C31H22O5/c1-18(32)35-29-23-12-6-4-10-21(23)28(22-11-5-7-13-24(22)29)27-19(17-34-2)15-16-25-20-9-3-8-14-26(20)31(33)36-30(25)27/h3-16H,17H2,1-2H3. The second kappa shape index (κ2) is 8.63. The van der Waals surface area contributed by atoms with E-state index in [0.29, 0.717) is 23.3 Å². The molecule has 0 N–H and O–H groups in total. The monoisotopic (exact) mass is 474 g/mol. The Kier molecular flexibility index (Phi) is 5.28. The van der Waals surface area contributed by atoms with Crippen LogP contribution in [0.25, 0.3) is 54.4 Å². The molecule has 36 heavy (non-hydrogen) atoms. The van der Waals surface area contributed by atoms with Gasteiger partial charge in [0.2, 0.25) is 0 Å². The maximum Gasteiger partial charge on any atom is 0.344 e. The summed E-state index contributed by atoms with van der Waals surface area (Å²) in [6.45, 7) is 1.73. The van der Waals surface area contributed by atoms with Gasteiger partial charge in [0, 0.05) is 41.3 Å². The van der Waals surface area contributed by atoms with Crippen molar-refractivity contribution in [2.24, 2.45) is 0 Å². The average molecular weight is 475 g/mol. The zero-order valence-corrected chi connectivity index (χ0v) is 19.8. The Morgan fingerprint density at radius 2 is 1.25 bits per heavy atom. The highest BCUT2D eigenvalue weighted by Gasteiger charge is 2.23. The number of esters is 1. The van der Waals surface area contributed by atoms with Gasteiger partial charge in [-0.05, 0) is 27.8 Å². The van der Waals surface area contributed by atoms with Crippen molar-refractivity contribution in [2.45, 2.75) is 13.5 Å². The molecule has 0 radical (unpaired) electrons. The first-order valence-electron chi connectivity index (χ1n) is 11.7. The lowest BCUT2D eigenvalue weighted by Gasteiger charge is -2.19. The van der Waals surface area contributed by atoms with Crippen molar-refractivity contribution >= 4 is 49.3 Å². The predicted molar refractivity (Wildman–Crippen MR) is 142 cm³/mol. The van der Waals surface area contributed by atoms with Crippen LogP contribution in [0.1, 0.15) is 12.5 Å². The molecule has 5 nitrogen and oxygen atoms in total. The van der Waals surface area contributed by atoms with Crippen molar-refractivity contribution in [1.82, 2.24) is 0 Å². The van der Waals surface area contributed by atoms with Crippen LogP contribution in [0.3, 0.4) is 0 Å². The smallest absolute Gasteiger partial charge is 0.344 e. The van der Waals surface area contributed by atoms with E-state index < -0.39 is 0 Å². The molecule has 1 heterocycles. The molecule has 0 amide bonds. The maximum absolute atomic E-state index is 13.1. The van der Waals surface area contributed by atoms with E-state index in [1.165, 1.54) is 6.92 Å². The molecule has 5 heteroatoms. The van der Waals surface area contributed by atoms with Crippen molar-refractivity contribution in [3.8, 4) is 16.9 Å². The first-order valence-corrected chi connectivity index (χ1v) is 11.7. The number of carbonyl (C=O) groups excluding carboxylic acids is 1. The van der Waals surface area contributed by atoms with Gasteiger partial charge in [-0.2, -0.15) is 0 Å². The minimum Gasteiger partial charge on any atom is -0.425 e. The van der Waals surface area contributed by atoms with Gasteiger partial charge in [-0.15, -0.1) is 0 Å². The van der Waals surface area contributed by atoms with Crippen LogP contribution in [0.15, 0.2) is 94.1 Å². The first kappa shape index (κ1) is 22.0. The summed E-state index contributed by atoms with van der Waals surface area (Å²) in [5.41, 5.74) is 2.69. The van der Waals surface area contributed by atoms with Crippen molar-refractivity contribution in [2.75, 3.05) is 7.11 Å². The molecule has 0 aliphatic heterocycles. The Hall–Kier alpha value is -4.48. The van der Waals surface area contributed by atoms with Gasteiger partial charge in [0.15, 0.2) is 0 Å². The van der Waals surface area contributed by atoms with E-state index in [0.717, 1.165) is 49.0 Å². The topological polar surface area (TPSA) is 65.7 Å². The van der Waals surface area contributed by atoms with Gasteiger partial charge in [-0.1, -0.05) is 78.9 Å². The van der Waals surface area contributed by atoms with Crippen molar-refractivity contribution in [3.05, 3.63) is 101 Å². The molecule has 6 rings (SSSR count). The third kappa shape index (κ3) is 3.36. The Labute approximate surface area is 206 Å². The molecule has 5 aromatic carbocycles. The van der Waals surface area contributed by atoms with Crippen molar-refractivity contribution in [3.63, 3.8) is 0 Å². The zero-order valence-electron chi connectivity index (χ0n) is 19.8. The molecule has 6 aromatic rings. The number of hydrogen-bond acceptors (Lipinski definition) is 5. The lowest BCUT2D eigenvalue weighted by atomic mass is 9.87. The normalized spacial score (nSPS) is 11.5. The number of rotatable bonds is 4. The second-order valence-corrected chi connectivity index (χ2v) is 8.73. The summed E-state index contributed by atoms with van der Waals surface area (Å²) in [6, 6.07) is 27.1. The van der Waals surface area contributed by atoms with Crippen LogP contribution in [-0.2, 0) is 16.1 Å². The summed E-state index contributed by atoms with van der Waals surface area (Å²) in [5.74, 6) is 0.124. The molecular formula is C31H22O5. The van der Waals surface area contributed by atoms with Gasteiger partial charge in [0.25, 0.3) is 0 Å². The molecule has 1 aromatic heterocycles. The number of methoxy groups -OCH3 is 1. The molecule has 176 valence electrons. The highest BCUT2D eigenvalue weighted by atomic mass is 16.5. The van der Waals surface area contributed by atoms with E-state index in [1.807, 2.05) is 78.9 Å². The molecule has 0 bridgehead atoms. The SMILES string of the molecule is COCc1ccc2c(oc(=O)c3ccccc32)c1-c1c2ccccc2c(OC(C)=O)c2ccccc12. The zero-order chi connectivity index (χ0) is 24.8. The fourth-order valence-corrected chi connectivity index (χ4v) is 5.15. The van der Waals surface area contributed by atoms with Gasteiger partial charge in [0.1, 0.15) is 11.3 Å². The molecule has 0 spiro atoms. The largest absolute Gasteiger partial charge is 0.425 e. The Bertz CT molecular complexity index is 1820. The molecule has 0 unspecified atom stereocenters. The fraction of sp³-hybridized carbons (Fsp3) is 0.0968. The lowest BCUT2D eigenvalue weighted by molar-refractivity contribution is -0.131. The number of hydrogen-bond donors (Lipinski definition) is 0. The molecule has 0 fully saturated rings. The predicted octanol–water partition coefficient (Wildman–Crippen LogP) is 6.99. The Morgan fingerprint density at radius 3 is 1.83 bits per heavy atom. The highest BCUT2D eigenvalue weighted by Crippen LogP contribution is 2.46. The van der Waals surface area contributed by atoms with Crippen LogP contribution in [0.2, 0.25) is 0 Å². The Balaban J connectivity index is 1.87. The fourth-order valence-electron chi connectivity index (χ4n) is 5.15. The van der Waals surface area contributed by atoms with Crippen LogP contribution >= 0.6 is 0 Å². The third-order valence-electron chi connectivity index (χ3n) is 6.55. The van der Waals surface area contributed by atoms with E-state index in [2.05, 4.69) is 0 Å². The second-order valence-electron chi connectivity index (χ2n) is 8.73. The maximum atomic E-state index is 13.1. The van der Waals surface area contributed by atoms with E-state index in [-0.39, 0.29) is 11.6 Å². The van der Waals surface area contributed by atoms with Crippen LogP contribution < -0.4 is 10.4 Å². The highest BCUT2D eigenvalue weighted by molar-refractivity contribution is 6.21. The van der Waals surface area contributed by atoms with Gasteiger partial charge in [-0.3, -0.25) is 4.79 Å². The van der Waals surface area contributed by atoms with Crippen LogP contribution in [-0.4, -0.2) is 13.1 Å². The molecule has 0 atom stereocenters. The minimum atomic E-state index is -0.390. The molecule has 0 saturated heterocycles. The summed E-state index contributed by atoms with van der Waals surface area (Å²) in [5, 5.41) is 5.57. The van der Waals surface area contributed by atoms with E-state index in [1.54, 1.807) is 13.2 Å². The number of benzene rings is 5. The third-order valence-corrected chi connectivity index (χ3v) is 6.55. The first-order chi connectivity index (χ1) is 17.6. The molecule has 0 saturated carbocycles. The number of carbonyl (C=O) groups is 1. The van der Waals surface area contributed by atoms with Crippen LogP contribution in [0.4, 0.5) is 0 Å². The van der Waals surface area contributed by atoms with Crippen LogP contribution in [0, 0.1) is 0 Å². The summed E-state index contributed by atoms with van der Waals surface area (Å²) < 4.78 is 17.3. The van der Waals surface area contributed by atoms with Crippen LogP contribution in [0.5, 0.6) is 5.75 Å². The molecule has 0 aliphatic rings. The van der Waals surface area contributed by atoms with E-state index in [9.17, 15) is 9.59 Å².